The largest absolute Gasteiger partial charge is 0.480 e. The van der Waals surface area contributed by atoms with E-state index in [1.165, 1.54) is 13.2 Å². The van der Waals surface area contributed by atoms with Crippen molar-refractivity contribution < 1.29 is 19.4 Å². The number of carboxylic acid groups (broad SMARTS) is 1. The van der Waals surface area contributed by atoms with Crippen LogP contribution in [0, 0.1) is 5.41 Å². The summed E-state index contributed by atoms with van der Waals surface area (Å²) in [4.78, 5) is 23.3. The van der Waals surface area contributed by atoms with Crippen LogP contribution >= 0.6 is 0 Å². The van der Waals surface area contributed by atoms with Crippen LogP contribution in [0.25, 0.3) is 5.57 Å². The summed E-state index contributed by atoms with van der Waals surface area (Å²) in [5, 5.41) is 9.38. The Morgan fingerprint density at radius 2 is 1.95 bits per heavy atom. The van der Waals surface area contributed by atoms with Crippen LogP contribution in [0.4, 0.5) is 0 Å². The Hall–Kier alpha value is -2.36. The molecule has 1 unspecified atom stereocenters. The summed E-state index contributed by atoms with van der Waals surface area (Å²) in [6, 6.07) is 9.39. The van der Waals surface area contributed by atoms with Crippen molar-refractivity contribution in [2.75, 3.05) is 7.11 Å². The Morgan fingerprint density at radius 1 is 1.26 bits per heavy atom. The Labute approximate surface area is 111 Å². The number of esters is 1. The SMILES string of the molecule is COC(=O)C1(C(=O)O)C=CC=C(c2ccccc2)C1. The van der Waals surface area contributed by atoms with Gasteiger partial charge in [-0.3, -0.25) is 9.59 Å². The number of hydrogen-bond acceptors (Lipinski definition) is 3. The van der Waals surface area contributed by atoms with Gasteiger partial charge in [0.15, 0.2) is 5.41 Å². The molecule has 0 heterocycles. The molecule has 0 bridgehead atoms. The standard InChI is InChI=1S/C15H14O4/c1-19-14(18)15(13(16)17)9-5-8-12(10-15)11-6-3-2-4-7-11/h2-9H,10H2,1H3,(H,16,17). The van der Waals surface area contributed by atoms with Crippen molar-refractivity contribution in [3.05, 3.63) is 54.1 Å². The third kappa shape index (κ3) is 2.29. The summed E-state index contributed by atoms with van der Waals surface area (Å²) in [5.74, 6) is -1.95. The van der Waals surface area contributed by atoms with Gasteiger partial charge in [-0.15, -0.1) is 0 Å². The first kappa shape index (κ1) is 13.1. The van der Waals surface area contributed by atoms with Gasteiger partial charge in [-0.1, -0.05) is 48.6 Å². The Balaban J connectivity index is 2.39. The Kier molecular flexibility index (Phi) is 3.51. The predicted molar refractivity (Wildman–Crippen MR) is 70.3 cm³/mol. The van der Waals surface area contributed by atoms with Crippen LogP contribution in [0.2, 0.25) is 0 Å². The summed E-state index contributed by atoms with van der Waals surface area (Å²) in [7, 11) is 1.20. The van der Waals surface area contributed by atoms with Crippen LogP contribution in [-0.4, -0.2) is 24.2 Å². The summed E-state index contributed by atoms with van der Waals surface area (Å²) < 4.78 is 4.64. The maximum Gasteiger partial charge on any atom is 0.327 e. The number of allylic oxidation sites excluding steroid dienone is 3. The first-order valence-electron chi connectivity index (χ1n) is 5.86. The second-order valence-electron chi connectivity index (χ2n) is 4.36. The van der Waals surface area contributed by atoms with Gasteiger partial charge in [-0.2, -0.15) is 0 Å². The second-order valence-corrected chi connectivity index (χ2v) is 4.36. The Morgan fingerprint density at radius 3 is 2.53 bits per heavy atom. The number of methoxy groups -OCH3 is 1. The van der Waals surface area contributed by atoms with Gasteiger partial charge in [0.1, 0.15) is 0 Å². The van der Waals surface area contributed by atoms with Crippen molar-refractivity contribution in [2.24, 2.45) is 5.41 Å². The third-order valence-corrected chi connectivity index (χ3v) is 3.22. The second kappa shape index (κ2) is 5.10. The lowest BCUT2D eigenvalue weighted by atomic mass is 9.76. The highest BCUT2D eigenvalue weighted by atomic mass is 16.5. The summed E-state index contributed by atoms with van der Waals surface area (Å²) >= 11 is 0. The molecule has 1 N–H and O–H groups in total. The third-order valence-electron chi connectivity index (χ3n) is 3.22. The highest BCUT2D eigenvalue weighted by Crippen LogP contribution is 2.37. The lowest BCUT2D eigenvalue weighted by molar-refractivity contribution is -0.162. The number of carbonyl (C=O) groups is 2. The quantitative estimate of drug-likeness (QED) is 0.667. The van der Waals surface area contributed by atoms with Crippen LogP contribution in [0.15, 0.2) is 48.6 Å². The van der Waals surface area contributed by atoms with Gasteiger partial charge in [0.25, 0.3) is 0 Å². The lowest BCUT2D eigenvalue weighted by Crippen LogP contribution is -2.39. The molecule has 0 aliphatic heterocycles. The molecule has 4 nitrogen and oxygen atoms in total. The number of aliphatic carboxylic acids is 1. The molecule has 1 aliphatic rings. The number of carboxylic acids is 1. The number of ether oxygens (including phenoxy) is 1. The molecular weight excluding hydrogens is 244 g/mol. The molecule has 1 aromatic carbocycles. The fourth-order valence-corrected chi connectivity index (χ4v) is 2.15. The van der Waals surface area contributed by atoms with Crippen molar-refractivity contribution in [3.8, 4) is 0 Å². The van der Waals surface area contributed by atoms with E-state index in [-0.39, 0.29) is 6.42 Å². The van der Waals surface area contributed by atoms with E-state index in [1.807, 2.05) is 36.4 Å². The molecule has 0 spiro atoms. The zero-order chi connectivity index (χ0) is 13.9. The van der Waals surface area contributed by atoms with Gasteiger partial charge in [0.2, 0.25) is 0 Å². The number of hydrogen-bond donors (Lipinski definition) is 1. The number of benzene rings is 1. The van der Waals surface area contributed by atoms with Crippen molar-refractivity contribution in [2.45, 2.75) is 6.42 Å². The van der Waals surface area contributed by atoms with E-state index in [0.29, 0.717) is 0 Å². The predicted octanol–water partition coefficient (Wildman–Crippen LogP) is 2.27. The van der Waals surface area contributed by atoms with E-state index in [1.54, 1.807) is 6.08 Å². The fraction of sp³-hybridized carbons (Fsp3) is 0.200. The maximum absolute atomic E-state index is 11.8. The van der Waals surface area contributed by atoms with Crippen LogP contribution in [-0.2, 0) is 14.3 Å². The van der Waals surface area contributed by atoms with Gasteiger partial charge < -0.3 is 9.84 Å². The first-order chi connectivity index (χ1) is 9.10. The highest BCUT2D eigenvalue weighted by molar-refractivity contribution is 6.03. The van der Waals surface area contributed by atoms with Gasteiger partial charge in [-0.25, -0.2) is 0 Å². The van der Waals surface area contributed by atoms with E-state index < -0.39 is 17.4 Å². The smallest absolute Gasteiger partial charge is 0.327 e. The maximum atomic E-state index is 11.8. The van der Waals surface area contributed by atoms with Crippen molar-refractivity contribution >= 4 is 17.5 Å². The number of carbonyl (C=O) groups excluding carboxylic acids is 1. The summed E-state index contributed by atoms with van der Waals surface area (Å²) in [6.45, 7) is 0. The average molecular weight is 258 g/mol. The van der Waals surface area contributed by atoms with Crippen LogP contribution < -0.4 is 0 Å². The van der Waals surface area contributed by atoms with Crippen molar-refractivity contribution in [1.29, 1.82) is 0 Å². The molecule has 1 atom stereocenters. The van der Waals surface area contributed by atoms with E-state index in [0.717, 1.165) is 11.1 Å². The first-order valence-corrected chi connectivity index (χ1v) is 5.86. The molecule has 1 aromatic rings. The topological polar surface area (TPSA) is 63.6 Å². The van der Waals surface area contributed by atoms with Gasteiger partial charge in [-0.05, 0) is 11.1 Å². The lowest BCUT2D eigenvalue weighted by Gasteiger charge is -2.26. The van der Waals surface area contributed by atoms with Crippen molar-refractivity contribution in [3.63, 3.8) is 0 Å². The molecular formula is C15H14O4. The molecule has 0 amide bonds. The van der Waals surface area contributed by atoms with Gasteiger partial charge in [0.05, 0.1) is 7.11 Å². The average Bonchev–Trinajstić information content (AvgIpc) is 2.47. The minimum atomic E-state index is -1.63. The molecule has 1 aliphatic carbocycles. The molecule has 0 radical (unpaired) electrons. The minimum absolute atomic E-state index is 0.0928. The van der Waals surface area contributed by atoms with Crippen LogP contribution in [0.1, 0.15) is 12.0 Å². The van der Waals surface area contributed by atoms with Crippen LogP contribution in [0.3, 0.4) is 0 Å². The zero-order valence-electron chi connectivity index (χ0n) is 10.5. The Bertz CT molecular complexity index is 557. The normalized spacial score (nSPS) is 21.6. The van der Waals surface area contributed by atoms with Gasteiger partial charge >= 0.3 is 11.9 Å². The molecule has 0 aromatic heterocycles. The molecule has 0 saturated heterocycles. The van der Waals surface area contributed by atoms with E-state index in [2.05, 4.69) is 4.74 Å². The molecule has 2 rings (SSSR count). The molecule has 19 heavy (non-hydrogen) atoms. The van der Waals surface area contributed by atoms with Gasteiger partial charge in [0, 0.05) is 6.42 Å². The molecule has 98 valence electrons. The minimum Gasteiger partial charge on any atom is -0.480 e. The van der Waals surface area contributed by atoms with E-state index in [4.69, 9.17) is 0 Å². The molecule has 0 fully saturated rings. The zero-order valence-corrected chi connectivity index (χ0v) is 10.5. The van der Waals surface area contributed by atoms with E-state index in [9.17, 15) is 14.7 Å². The summed E-state index contributed by atoms with van der Waals surface area (Å²) in [6.07, 6.45) is 4.89. The van der Waals surface area contributed by atoms with Crippen LogP contribution in [0.5, 0.6) is 0 Å². The fourth-order valence-electron chi connectivity index (χ4n) is 2.15. The highest BCUT2D eigenvalue weighted by Gasteiger charge is 2.46. The molecule has 0 saturated carbocycles. The number of rotatable bonds is 3. The summed E-state index contributed by atoms with van der Waals surface area (Å²) in [5.41, 5.74) is 0.0755. The van der Waals surface area contributed by atoms with Crippen molar-refractivity contribution in [1.82, 2.24) is 0 Å². The molecule has 4 heteroatoms. The van der Waals surface area contributed by atoms with E-state index >= 15 is 0 Å². The monoisotopic (exact) mass is 258 g/mol.